The summed E-state index contributed by atoms with van der Waals surface area (Å²) in [5, 5.41) is 21.7. The number of nitro groups is 1. The van der Waals surface area contributed by atoms with Crippen LogP contribution in [0.1, 0.15) is 12.5 Å². The Morgan fingerprint density at radius 3 is 2.39 bits per heavy atom. The number of nitrogens with zero attached hydrogens (tertiary/aromatic N) is 3. The standard InChI is InChI=1S/C15H15N5O3/c1-9-14(20(22)23)8-7-13(15(9)17-10(2)21)19-18-12-5-3-11(16)4-6-12/h3-8H,16H2,1-2H3,(H,17,21). The van der Waals surface area contributed by atoms with Crippen LogP contribution in [0.4, 0.5) is 28.4 Å². The number of carbonyl (C=O) groups is 1. The second-order valence-corrected chi connectivity index (χ2v) is 4.83. The van der Waals surface area contributed by atoms with Crippen molar-refractivity contribution in [2.24, 2.45) is 10.2 Å². The van der Waals surface area contributed by atoms with Gasteiger partial charge in [-0.1, -0.05) is 0 Å². The van der Waals surface area contributed by atoms with Crippen molar-refractivity contribution < 1.29 is 9.72 Å². The molecule has 0 radical (unpaired) electrons. The molecule has 0 unspecified atom stereocenters. The van der Waals surface area contributed by atoms with Gasteiger partial charge in [-0.25, -0.2) is 0 Å². The molecule has 0 saturated carbocycles. The molecule has 0 heterocycles. The first-order valence-corrected chi connectivity index (χ1v) is 6.71. The van der Waals surface area contributed by atoms with Gasteiger partial charge < -0.3 is 11.1 Å². The molecule has 3 N–H and O–H groups in total. The Labute approximate surface area is 132 Å². The molecule has 0 atom stereocenters. The van der Waals surface area contributed by atoms with E-state index in [0.717, 1.165) is 0 Å². The van der Waals surface area contributed by atoms with Gasteiger partial charge in [0, 0.05) is 18.7 Å². The second kappa shape index (κ2) is 6.65. The molecule has 0 saturated heterocycles. The van der Waals surface area contributed by atoms with Crippen molar-refractivity contribution in [3.8, 4) is 0 Å². The largest absolute Gasteiger partial charge is 0.399 e. The highest BCUT2D eigenvalue weighted by molar-refractivity contribution is 5.94. The third-order valence-corrected chi connectivity index (χ3v) is 3.08. The van der Waals surface area contributed by atoms with Gasteiger partial charge in [-0.2, -0.15) is 5.11 Å². The predicted molar refractivity (Wildman–Crippen MR) is 87.2 cm³/mol. The van der Waals surface area contributed by atoms with E-state index in [2.05, 4.69) is 15.5 Å². The number of rotatable bonds is 4. The summed E-state index contributed by atoms with van der Waals surface area (Å²) in [5.41, 5.74) is 7.60. The quantitative estimate of drug-likeness (QED) is 0.385. The molecule has 2 rings (SSSR count). The molecule has 23 heavy (non-hydrogen) atoms. The van der Waals surface area contributed by atoms with E-state index in [0.29, 0.717) is 22.6 Å². The molecule has 2 aromatic carbocycles. The van der Waals surface area contributed by atoms with Crippen LogP contribution < -0.4 is 11.1 Å². The highest BCUT2D eigenvalue weighted by Gasteiger charge is 2.18. The first kappa shape index (κ1) is 16.1. The number of nitrogen functional groups attached to an aromatic ring is 1. The van der Waals surface area contributed by atoms with Gasteiger partial charge in [-0.15, -0.1) is 5.11 Å². The van der Waals surface area contributed by atoms with Crippen LogP contribution in [0.5, 0.6) is 0 Å². The highest BCUT2D eigenvalue weighted by Crippen LogP contribution is 2.35. The van der Waals surface area contributed by atoms with E-state index in [1.165, 1.54) is 19.1 Å². The zero-order chi connectivity index (χ0) is 17.0. The molecular weight excluding hydrogens is 298 g/mol. The normalized spacial score (nSPS) is 10.7. The Bertz CT molecular complexity index is 784. The minimum atomic E-state index is -0.512. The first-order chi connectivity index (χ1) is 10.9. The molecule has 0 fully saturated rings. The van der Waals surface area contributed by atoms with Crippen LogP contribution in [0, 0.1) is 17.0 Å². The van der Waals surface area contributed by atoms with E-state index in [-0.39, 0.29) is 17.3 Å². The summed E-state index contributed by atoms with van der Waals surface area (Å²) in [6.45, 7) is 2.87. The SMILES string of the molecule is CC(=O)Nc1c(N=Nc2ccc(N)cc2)ccc([N+](=O)[O-])c1C. The van der Waals surface area contributed by atoms with Gasteiger partial charge in [0.05, 0.1) is 21.9 Å². The first-order valence-electron chi connectivity index (χ1n) is 6.71. The van der Waals surface area contributed by atoms with Crippen molar-refractivity contribution >= 4 is 34.3 Å². The summed E-state index contributed by atoms with van der Waals surface area (Å²) in [6.07, 6.45) is 0. The Morgan fingerprint density at radius 2 is 1.83 bits per heavy atom. The lowest BCUT2D eigenvalue weighted by Crippen LogP contribution is -2.08. The van der Waals surface area contributed by atoms with Gasteiger partial charge in [0.2, 0.25) is 5.91 Å². The van der Waals surface area contributed by atoms with E-state index in [9.17, 15) is 14.9 Å². The lowest BCUT2D eigenvalue weighted by atomic mass is 10.1. The topological polar surface area (TPSA) is 123 Å². The number of nitrogens with two attached hydrogens (primary N) is 1. The Balaban J connectivity index is 2.44. The maximum Gasteiger partial charge on any atom is 0.274 e. The zero-order valence-corrected chi connectivity index (χ0v) is 12.6. The summed E-state index contributed by atoms with van der Waals surface area (Å²) >= 11 is 0. The monoisotopic (exact) mass is 313 g/mol. The summed E-state index contributed by atoms with van der Waals surface area (Å²) in [6, 6.07) is 9.52. The maximum absolute atomic E-state index is 11.3. The van der Waals surface area contributed by atoms with Crippen molar-refractivity contribution in [1.82, 2.24) is 0 Å². The molecule has 0 spiro atoms. The predicted octanol–water partition coefficient (Wildman–Crippen LogP) is 3.86. The fourth-order valence-corrected chi connectivity index (χ4v) is 1.95. The molecule has 8 heteroatoms. The number of hydrogen-bond donors (Lipinski definition) is 2. The van der Waals surface area contributed by atoms with E-state index < -0.39 is 4.92 Å². The number of amides is 1. The lowest BCUT2D eigenvalue weighted by Gasteiger charge is -2.09. The summed E-state index contributed by atoms with van der Waals surface area (Å²) < 4.78 is 0. The van der Waals surface area contributed by atoms with Gasteiger partial charge in [0.1, 0.15) is 5.69 Å². The number of nitro benzene ring substituents is 1. The molecule has 0 aliphatic rings. The van der Waals surface area contributed by atoms with Crippen LogP contribution in [0.25, 0.3) is 0 Å². The third-order valence-electron chi connectivity index (χ3n) is 3.08. The lowest BCUT2D eigenvalue weighted by molar-refractivity contribution is -0.385. The Hall–Kier alpha value is -3.29. The molecule has 0 bridgehead atoms. The third kappa shape index (κ3) is 3.88. The number of carbonyl (C=O) groups excluding carboxylic acids is 1. The van der Waals surface area contributed by atoms with Crippen molar-refractivity contribution in [3.05, 3.63) is 52.1 Å². The second-order valence-electron chi connectivity index (χ2n) is 4.83. The van der Waals surface area contributed by atoms with Crippen LogP contribution >= 0.6 is 0 Å². The van der Waals surface area contributed by atoms with E-state index in [1.807, 2.05) is 0 Å². The van der Waals surface area contributed by atoms with Gasteiger partial charge >= 0.3 is 0 Å². The highest BCUT2D eigenvalue weighted by atomic mass is 16.6. The van der Waals surface area contributed by atoms with Crippen molar-refractivity contribution in [2.75, 3.05) is 11.1 Å². The Kier molecular flexibility index (Phi) is 4.65. The van der Waals surface area contributed by atoms with E-state index in [4.69, 9.17) is 5.73 Å². The average molecular weight is 313 g/mol. The van der Waals surface area contributed by atoms with E-state index >= 15 is 0 Å². The van der Waals surface area contributed by atoms with Crippen molar-refractivity contribution in [2.45, 2.75) is 13.8 Å². The fourth-order valence-electron chi connectivity index (χ4n) is 1.95. The van der Waals surface area contributed by atoms with E-state index in [1.54, 1.807) is 31.2 Å². The molecule has 118 valence electrons. The molecule has 0 aliphatic carbocycles. The average Bonchev–Trinajstić information content (AvgIpc) is 2.48. The number of benzene rings is 2. The molecular formula is C15H15N5O3. The molecule has 0 aliphatic heterocycles. The van der Waals surface area contributed by atoms with Gasteiger partial charge in [-0.05, 0) is 37.3 Å². The van der Waals surface area contributed by atoms with Crippen LogP contribution in [-0.4, -0.2) is 10.8 Å². The van der Waals surface area contributed by atoms with Crippen LogP contribution in [0.2, 0.25) is 0 Å². The van der Waals surface area contributed by atoms with Crippen LogP contribution in [-0.2, 0) is 4.79 Å². The number of nitrogens with one attached hydrogen (secondary N) is 1. The summed E-state index contributed by atoms with van der Waals surface area (Å²) in [5.74, 6) is -0.350. The summed E-state index contributed by atoms with van der Waals surface area (Å²) in [7, 11) is 0. The van der Waals surface area contributed by atoms with Crippen LogP contribution in [0.3, 0.4) is 0 Å². The minimum Gasteiger partial charge on any atom is -0.399 e. The zero-order valence-electron chi connectivity index (χ0n) is 12.6. The van der Waals surface area contributed by atoms with Crippen LogP contribution in [0.15, 0.2) is 46.6 Å². The fraction of sp³-hybridized carbons (Fsp3) is 0.133. The number of hydrogen-bond acceptors (Lipinski definition) is 6. The number of azo groups is 1. The molecule has 8 nitrogen and oxygen atoms in total. The molecule has 0 aromatic heterocycles. The number of anilines is 2. The van der Waals surface area contributed by atoms with Crippen molar-refractivity contribution in [1.29, 1.82) is 0 Å². The Morgan fingerprint density at radius 1 is 1.17 bits per heavy atom. The van der Waals surface area contributed by atoms with Gasteiger partial charge in [-0.3, -0.25) is 14.9 Å². The molecule has 2 aromatic rings. The maximum atomic E-state index is 11.3. The van der Waals surface area contributed by atoms with Gasteiger partial charge in [0.15, 0.2) is 0 Å². The van der Waals surface area contributed by atoms with Gasteiger partial charge in [0.25, 0.3) is 5.69 Å². The minimum absolute atomic E-state index is 0.0971. The molecule has 1 amide bonds. The van der Waals surface area contributed by atoms with Crippen molar-refractivity contribution in [3.63, 3.8) is 0 Å². The summed E-state index contributed by atoms with van der Waals surface area (Å²) in [4.78, 5) is 21.8. The smallest absolute Gasteiger partial charge is 0.274 e.